The normalized spacial score (nSPS) is 11.8. The predicted molar refractivity (Wildman–Crippen MR) is 410 cm³/mol. The highest BCUT2D eigenvalue weighted by Gasteiger charge is 2.21. The van der Waals surface area contributed by atoms with E-state index in [1.165, 1.54) is 351 Å². The van der Waals surface area contributed by atoms with Crippen LogP contribution in [0, 0.1) is 0 Å². The molecule has 0 aromatic carbocycles. The van der Waals surface area contributed by atoms with Gasteiger partial charge < -0.3 is 0 Å². The summed E-state index contributed by atoms with van der Waals surface area (Å²) in [5.41, 5.74) is 6.29. The van der Waals surface area contributed by atoms with E-state index in [9.17, 15) is 0 Å². The first-order chi connectivity index (χ1) is 43.5. The molecule has 0 unspecified atom stereocenters. The van der Waals surface area contributed by atoms with Gasteiger partial charge in [-0.25, -0.2) is 0 Å². The zero-order valence-corrected chi connectivity index (χ0v) is 62.0. The molecule has 0 aliphatic rings. The van der Waals surface area contributed by atoms with Crippen molar-refractivity contribution in [3.05, 3.63) is 106 Å². The second-order valence-electron chi connectivity index (χ2n) is 25.9. The van der Waals surface area contributed by atoms with Crippen molar-refractivity contribution in [1.29, 1.82) is 0 Å². The Balaban J connectivity index is 0.897. The fourth-order valence-corrected chi connectivity index (χ4v) is 22.0. The van der Waals surface area contributed by atoms with E-state index in [0.29, 0.717) is 0 Å². The highest BCUT2D eigenvalue weighted by molar-refractivity contribution is 7.31. The average Bonchev–Trinajstić information content (AvgIpc) is 2.44. The molecule has 0 saturated carbocycles. The number of unbranched alkanes of at least 4 members (excludes halogenated alkanes) is 36. The van der Waals surface area contributed by atoms with Crippen LogP contribution in [-0.4, -0.2) is 0 Å². The van der Waals surface area contributed by atoms with Crippen molar-refractivity contribution in [2.24, 2.45) is 0 Å². The summed E-state index contributed by atoms with van der Waals surface area (Å²) in [6.07, 6.45) is 60.5. The Labute approximate surface area is 569 Å². The maximum Gasteiger partial charge on any atom is 0.0481 e. The Bertz CT molecular complexity index is 3040. The molecule has 0 radical (unpaired) electrons. The summed E-state index contributed by atoms with van der Waals surface area (Å²) in [6.45, 7) is 9.28. The summed E-state index contributed by atoms with van der Waals surface area (Å²) >= 11 is 16.1. The van der Waals surface area contributed by atoms with E-state index < -0.39 is 0 Å². The third-order valence-corrected chi connectivity index (χ3v) is 28.3. The van der Waals surface area contributed by atoms with Gasteiger partial charge in [-0.3, -0.25) is 0 Å². The van der Waals surface area contributed by atoms with E-state index in [0.717, 1.165) is 0 Å². The number of rotatable bonds is 51. The molecule has 88 heavy (non-hydrogen) atoms. The SMILES string of the molecule is CCCCCCCCCCCCc1csc(-c2sc(-c3ccc(-c4ccc(-c5ccc(-c6ccc(-c7sc(-c8sccc8CCCCCCCCCCCC)cc7CCCCCCCCCCCC)s6)s5)s4)s3)cc2CCCCCCCCCCCC)c1. The number of thiophene rings is 8. The van der Waals surface area contributed by atoms with Gasteiger partial charge in [0.15, 0.2) is 0 Å². The minimum absolute atomic E-state index is 1.19. The fraction of sp³-hybridized carbons (Fsp3) is 0.600. The van der Waals surface area contributed by atoms with E-state index in [-0.39, 0.29) is 0 Å². The maximum absolute atomic E-state index is 2.61. The molecule has 482 valence electrons. The molecule has 8 heterocycles. The second-order valence-corrected chi connectivity index (χ2v) is 34.2. The summed E-state index contributed by atoms with van der Waals surface area (Å²) in [6, 6.07) is 29.4. The van der Waals surface area contributed by atoms with E-state index in [1.54, 1.807) is 22.3 Å². The third kappa shape index (κ3) is 24.5. The van der Waals surface area contributed by atoms with Crippen molar-refractivity contribution in [1.82, 2.24) is 0 Å². The number of aryl methyl sites for hydroxylation is 4. The van der Waals surface area contributed by atoms with E-state index in [2.05, 4.69) is 134 Å². The predicted octanol–water partition coefficient (Wildman–Crippen LogP) is 31.7. The molecule has 0 atom stereocenters. The van der Waals surface area contributed by atoms with E-state index in [1.807, 2.05) is 68.0 Å². The third-order valence-electron chi connectivity index (χ3n) is 18.3. The molecular weight excluding hydrogens is 1220 g/mol. The molecule has 8 rings (SSSR count). The molecule has 0 aliphatic heterocycles. The van der Waals surface area contributed by atoms with Crippen LogP contribution >= 0.6 is 90.7 Å². The highest BCUT2D eigenvalue weighted by Crippen LogP contribution is 2.50. The summed E-state index contributed by atoms with van der Waals surface area (Å²) < 4.78 is 0. The summed E-state index contributed by atoms with van der Waals surface area (Å²) in [4.78, 5) is 20.3. The number of hydrogen-bond acceptors (Lipinski definition) is 8. The maximum atomic E-state index is 2.61. The minimum atomic E-state index is 1.19. The first kappa shape index (κ1) is 71.4. The van der Waals surface area contributed by atoms with Crippen LogP contribution in [0.15, 0.2) is 83.6 Å². The first-order valence-corrected chi connectivity index (χ1v) is 43.0. The molecule has 0 fully saturated rings. The van der Waals surface area contributed by atoms with Crippen molar-refractivity contribution in [3.63, 3.8) is 0 Å². The van der Waals surface area contributed by atoms with Crippen LogP contribution < -0.4 is 0 Å². The standard InChI is InChI=1S/C80H114S8/c1-5-9-13-17-21-25-29-33-37-41-45-63-59-76(82-62-63)80-65(47-43-39-35-31-27-23-19-15-11-7-3)60-75(87-80)73-54-53-70(85-73)69-50-49-67(83-69)68-51-52-71(84-68)72-55-56-74(86-72)79-66(48-44-40-36-32-28-24-20-16-12-8-4)61-77(88-79)78-64(57-58-81-78)46-42-38-34-30-26-22-18-14-10-6-2/h49-62H,5-48H2,1-4H3. The Hall–Kier alpha value is -2.40. The molecular formula is C80H114S8. The van der Waals surface area contributed by atoms with Gasteiger partial charge >= 0.3 is 0 Å². The lowest BCUT2D eigenvalue weighted by Crippen LogP contribution is -1.87. The van der Waals surface area contributed by atoms with Crippen LogP contribution in [0.25, 0.3) is 68.3 Å². The van der Waals surface area contributed by atoms with E-state index >= 15 is 0 Å². The van der Waals surface area contributed by atoms with Crippen LogP contribution in [0.3, 0.4) is 0 Å². The average molecular weight is 1330 g/mol. The Morgan fingerprint density at radius 3 is 0.909 bits per heavy atom. The summed E-state index contributed by atoms with van der Waals surface area (Å²) in [7, 11) is 0. The lowest BCUT2D eigenvalue weighted by Gasteiger charge is -2.04. The first-order valence-electron chi connectivity index (χ1n) is 36.4. The van der Waals surface area contributed by atoms with Crippen LogP contribution in [0.1, 0.15) is 307 Å². The van der Waals surface area contributed by atoms with Crippen molar-refractivity contribution in [3.8, 4) is 68.3 Å². The zero-order valence-electron chi connectivity index (χ0n) is 55.5. The van der Waals surface area contributed by atoms with Gasteiger partial charge in [-0.05, 0) is 157 Å². The molecule has 8 aromatic heterocycles. The van der Waals surface area contributed by atoms with Gasteiger partial charge in [0.05, 0.1) is 0 Å². The van der Waals surface area contributed by atoms with Gasteiger partial charge in [0.2, 0.25) is 0 Å². The lowest BCUT2D eigenvalue weighted by atomic mass is 10.0. The van der Waals surface area contributed by atoms with Crippen LogP contribution in [0.5, 0.6) is 0 Å². The molecule has 0 amide bonds. The molecule has 0 bridgehead atoms. The molecule has 8 aromatic rings. The fourth-order valence-electron chi connectivity index (χ4n) is 12.9. The van der Waals surface area contributed by atoms with Crippen molar-refractivity contribution in [2.75, 3.05) is 0 Å². The van der Waals surface area contributed by atoms with Gasteiger partial charge in [0.1, 0.15) is 0 Å². The number of hydrogen-bond donors (Lipinski definition) is 0. The Morgan fingerprint density at radius 2 is 0.511 bits per heavy atom. The molecule has 0 N–H and O–H groups in total. The van der Waals surface area contributed by atoms with Crippen LogP contribution in [0.2, 0.25) is 0 Å². The van der Waals surface area contributed by atoms with Gasteiger partial charge in [-0.2, -0.15) is 0 Å². The van der Waals surface area contributed by atoms with Crippen molar-refractivity contribution >= 4 is 90.7 Å². The molecule has 0 nitrogen and oxygen atoms in total. The lowest BCUT2D eigenvalue weighted by molar-refractivity contribution is 0.556. The molecule has 0 saturated heterocycles. The Morgan fingerprint density at radius 1 is 0.216 bits per heavy atom. The highest BCUT2D eigenvalue weighted by atomic mass is 32.1. The van der Waals surface area contributed by atoms with Gasteiger partial charge in [0.25, 0.3) is 0 Å². The monoisotopic (exact) mass is 1330 g/mol. The van der Waals surface area contributed by atoms with E-state index in [4.69, 9.17) is 0 Å². The van der Waals surface area contributed by atoms with Gasteiger partial charge in [-0.15, -0.1) is 90.7 Å². The van der Waals surface area contributed by atoms with Crippen LogP contribution in [0.4, 0.5) is 0 Å². The summed E-state index contributed by atoms with van der Waals surface area (Å²) in [5.74, 6) is 0. The quantitative estimate of drug-likeness (QED) is 0.0333. The smallest absolute Gasteiger partial charge is 0.0481 e. The van der Waals surface area contributed by atoms with Gasteiger partial charge in [0, 0.05) is 68.3 Å². The summed E-state index contributed by atoms with van der Waals surface area (Å²) in [5, 5.41) is 4.84. The van der Waals surface area contributed by atoms with Crippen molar-refractivity contribution in [2.45, 2.75) is 310 Å². The molecule has 8 heteroatoms. The zero-order chi connectivity index (χ0) is 61.1. The molecule has 0 aliphatic carbocycles. The van der Waals surface area contributed by atoms with Crippen LogP contribution in [-0.2, 0) is 25.7 Å². The minimum Gasteiger partial charge on any atom is -0.143 e. The van der Waals surface area contributed by atoms with Gasteiger partial charge in [-0.1, -0.05) is 259 Å². The largest absolute Gasteiger partial charge is 0.143 e. The topological polar surface area (TPSA) is 0 Å². The van der Waals surface area contributed by atoms with Crippen molar-refractivity contribution < 1.29 is 0 Å². The molecule has 0 spiro atoms. The second kappa shape index (κ2) is 42.8. The Kier molecular flexibility index (Phi) is 34.7.